The van der Waals surface area contributed by atoms with Gasteiger partial charge in [0, 0.05) is 26.0 Å². The van der Waals surface area contributed by atoms with Crippen LogP contribution >= 0.6 is 0 Å². The Labute approximate surface area is 140 Å². The van der Waals surface area contributed by atoms with Crippen molar-refractivity contribution in [2.45, 2.75) is 26.4 Å². The maximum atomic E-state index is 12.5. The van der Waals surface area contributed by atoms with Crippen molar-refractivity contribution >= 4 is 17.5 Å². The molecule has 7 heteroatoms. The molecule has 0 radical (unpaired) electrons. The van der Waals surface area contributed by atoms with Crippen molar-refractivity contribution in [1.82, 2.24) is 19.2 Å². The van der Waals surface area contributed by atoms with Crippen LogP contribution in [0.15, 0.2) is 24.5 Å². The van der Waals surface area contributed by atoms with Crippen LogP contribution in [0, 0.1) is 6.92 Å². The highest BCUT2D eigenvalue weighted by Gasteiger charge is 2.36. The summed E-state index contributed by atoms with van der Waals surface area (Å²) in [6, 6.07) is 3.45. The molecule has 0 spiro atoms. The van der Waals surface area contributed by atoms with Gasteiger partial charge in [-0.2, -0.15) is 0 Å². The smallest absolute Gasteiger partial charge is 0.245 e. The van der Waals surface area contributed by atoms with Crippen LogP contribution in [-0.4, -0.2) is 63.8 Å². The van der Waals surface area contributed by atoms with E-state index in [-0.39, 0.29) is 18.4 Å². The maximum absolute atomic E-state index is 12.5. The molecule has 3 rings (SSSR count). The van der Waals surface area contributed by atoms with E-state index in [1.807, 2.05) is 35.9 Å². The molecule has 0 bridgehead atoms. The van der Waals surface area contributed by atoms with Crippen LogP contribution in [0.1, 0.15) is 18.2 Å². The Balaban J connectivity index is 1.76. The van der Waals surface area contributed by atoms with Crippen LogP contribution in [-0.2, 0) is 20.9 Å². The van der Waals surface area contributed by atoms with Gasteiger partial charge in [-0.3, -0.25) is 9.59 Å². The van der Waals surface area contributed by atoms with Gasteiger partial charge in [-0.15, -0.1) is 0 Å². The van der Waals surface area contributed by atoms with E-state index < -0.39 is 6.04 Å². The highest BCUT2D eigenvalue weighted by atomic mass is 16.5. The number of hydrogen-bond donors (Lipinski definition) is 0. The number of carbonyl (C=O) groups excluding carboxylic acids is 2. The van der Waals surface area contributed by atoms with E-state index in [0.29, 0.717) is 19.7 Å². The molecule has 0 aromatic carbocycles. The number of pyridine rings is 1. The lowest BCUT2D eigenvalue weighted by molar-refractivity contribution is -0.156. The number of nitrogens with zero attached hydrogens (tertiary/aromatic N) is 4. The summed E-state index contributed by atoms with van der Waals surface area (Å²) in [5, 5.41) is 0. The van der Waals surface area contributed by atoms with E-state index in [0.717, 1.165) is 16.9 Å². The Bertz CT molecular complexity index is 770. The van der Waals surface area contributed by atoms with Gasteiger partial charge in [0.25, 0.3) is 0 Å². The highest BCUT2D eigenvalue weighted by molar-refractivity contribution is 5.94. The quantitative estimate of drug-likeness (QED) is 0.815. The lowest BCUT2D eigenvalue weighted by Crippen LogP contribution is -2.58. The fourth-order valence-corrected chi connectivity index (χ4v) is 2.97. The van der Waals surface area contributed by atoms with E-state index in [2.05, 4.69) is 4.98 Å². The number of amides is 2. The number of aryl methyl sites for hydroxylation is 1. The molecule has 7 nitrogen and oxygen atoms in total. The van der Waals surface area contributed by atoms with Crippen LogP contribution in [0.4, 0.5) is 0 Å². The van der Waals surface area contributed by atoms with Gasteiger partial charge in [-0.05, 0) is 25.5 Å². The number of piperazine rings is 1. The monoisotopic (exact) mass is 330 g/mol. The predicted molar refractivity (Wildman–Crippen MR) is 88.4 cm³/mol. The van der Waals surface area contributed by atoms with Crippen LogP contribution < -0.4 is 0 Å². The standard InChI is InChI=1S/C17H22N4O3/c1-12-4-5-15-18-14(9-20(15)8-12)10-21-13(2)17(23)19(6-7-24-3)11-16(21)22/h4-5,8-9,13H,6-7,10-11H2,1-3H3/t13-/m0/s1. The first-order valence-electron chi connectivity index (χ1n) is 8.01. The second kappa shape index (κ2) is 6.60. The fraction of sp³-hybridized carbons (Fsp3) is 0.471. The van der Waals surface area contributed by atoms with Crippen LogP contribution in [0.25, 0.3) is 5.65 Å². The lowest BCUT2D eigenvalue weighted by Gasteiger charge is -2.38. The number of hydrogen-bond acceptors (Lipinski definition) is 4. The summed E-state index contributed by atoms with van der Waals surface area (Å²) in [5.41, 5.74) is 2.75. The average molecular weight is 330 g/mol. The first kappa shape index (κ1) is 16.4. The number of methoxy groups -OCH3 is 1. The van der Waals surface area contributed by atoms with E-state index >= 15 is 0 Å². The number of carbonyl (C=O) groups is 2. The Kier molecular flexibility index (Phi) is 4.53. The van der Waals surface area contributed by atoms with Crippen LogP contribution in [0.3, 0.4) is 0 Å². The van der Waals surface area contributed by atoms with Gasteiger partial charge < -0.3 is 18.9 Å². The Hall–Kier alpha value is -2.41. The van der Waals surface area contributed by atoms with Crippen LogP contribution in [0.5, 0.6) is 0 Å². The van der Waals surface area contributed by atoms with Crippen molar-refractivity contribution in [2.75, 3.05) is 26.8 Å². The molecule has 0 N–H and O–H groups in total. The zero-order valence-electron chi connectivity index (χ0n) is 14.2. The zero-order chi connectivity index (χ0) is 17.3. The SMILES string of the molecule is COCCN1CC(=O)N(Cc2cn3cc(C)ccc3n2)[C@@H](C)C1=O. The summed E-state index contributed by atoms with van der Waals surface area (Å²) in [6.07, 6.45) is 3.90. The minimum atomic E-state index is -0.491. The molecule has 1 aliphatic rings. The molecule has 1 atom stereocenters. The van der Waals surface area contributed by atoms with E-state index in [4.69, 9.17) is 4.74 Å². The normalized spacial score (nSPS) is 18.7. The van der Waals surface area contributed by atoms with Crippen molar-refractivity contribution in [3.8, 4) is 0 Å². The van der Waals surface area contributed by atoms with Gasteiger partial charge in [0.1, 0.15) is 11.7 Å². The van der Waals surface area contributed by atoms with Crippen molar-refractivity contribution in [3.63, 3.8) is 0 Å². The summed E-state index contributed by atoms with van der Waals surface area (Å²) in [7, 11) is 1.58. The Morgan fingerprint density at radius 1 is 1.29 bits per heavy atom. The van der Waals surface area contributed by atoms with Crippen molar-refractivity contribution in [1.29, 1.82) is 0 Å². The molecule has 24 heavy (non-hydrogen) atoms. The third kappa shape index (κ3) is 3.12. The minimum absolute atomic E-state index is 0.0498. The topological polar surface area (TPSA) is 67.2 Å². The second-order valence-electron chi connectivity index (χ2n) is 6.15. The lowest BCUT2D eigenvalue weighted by atomic mass is 10.1. The summed E-state index contributed by atoms with van der Waals surface area (Å²) >= 11 is 0. The summed E-state index contributed by atoms with van der Waals surface area (Å²) in [4.78, 5) is 32.6. The first-order chi connectivity index (χ1) is 11.5. The molecule has 0 saturated carbocycles. The molecular weight excluding hydrogens is 308 g/mol. The molecule has 1 saturated heterocycles. The molecule has 2 aromatic heterocycles. The third-order valence-corrected chi connectivity index (χ3v) is 4.33. The third-order valence-electron chi connectivity index (χ3n) is 4.33. The maximum Gasteiger partial charge on any atom is 0.245 e. The largest absolute Gasteiger partial charge is 0.383 e. The molecule has 128 valence electrons. The van der Waals surface area contributed by atoms with E-state index in [9.17, 15) is 9.59 Å². The van der Waals surface area contributed by atoms with Gasteiger partial charge in [0.2, 0.25) is 11.8 Å². The zero-order valence-corrected chi connectivity index (χ0v) is 14.2. The Morgan fingerprint density at radius 3 is 2.83 bits per heavy atom. The van der Waals surface area contributed by atoms with E-state index in [1.54, 1.807) is 23.8 Å². The summed E-state index contributed by atoms with van der Waals surface area (Å²) < 4.78 is 6.94. The average Bonchev–Trinajstić information content (AvgIpc) is 2.95. The molecule has 0 unspecified atom stereocenters. The number of fused-ring (bicyclic) bond motifs is 1. The van der Waals surface area contributed by atoms with Crippen molar-refractivity contribution in [3.05, 3.63) is 35.8 Å². The van der Waals surface area contributed by atoms with Gasteiger partial charge in [-0.25, -0.2) is 4.98 Å². The molecular formula is C17H22N4O3. The molecule has 2 aromatic rings. The predicted octanol–water partition coefficient (Wildman–Crippen LogP) is 0.848. The van der Waals surface area contributed by atoms with Gasteiger partial charge >= 0.3 is 0 Å². The minimum Gasteiger partial charge on any atom is -0.383 e. The van der Waals surface area contributed by atoms with E-state index in [1.165, 1.54) is 0 Å². The molecule has 1 fully saturated rings. The number of rotatable bonds is 5. The second-order valence-corrected chi connectivity index (χ2v) is 6.15. The van der Waals surface area contributed by atoms with Gasteiger partial charge in [-0.1, -0.05) is 6.07 Å². The number of ether oxygens (including phenoxy) is 1. The summed E-state index contributed by atoms with van der Waals surface area (Å²) in [6.45, 7) is 5.08. The van der Waals surface area contributed by atoms with Crippen molar-refractivity contribution in [2.24, 2.45) is 0 Å². The number of imidazole rings is 1. The number of aromatic nitrogens is 2. The highest BCUT2D eigenvalue weighted by Crippen LogP contribution is 2.17. The first-order valence-corrected chi connectivity index (χ1v) is 8.01. The van der Waals surface area contributed by atoms with Crippen molar-refractivity contribution < 1.29 is 14.3 Å². The summed E-state index contributed by atoms with van der Waals surface area (Å²) in [5.74, 6) is -0.113. The molecule has 3 heterocycles. The Morgan fingerprint density at radius 2 is 2.08 bits per heavy atom. The molecule has 0 aliphatic carbocycles. The molecule has 1 aliphatic heterocycles. The van der Waals surface area contributed by atoms with Gasteiger partial charge in [0.15, 0.2) is 0 Å². The van der Waals surface area contributed by atoms with Crippen LogP contribution in [0.2, 0.25) is 0 Å². The van der Waals surface area contributed by atoms with Gasteiger partial charge in [0.05, 0.1) is 25.4 Å². The molecule has 2 amide bonds. The fourth-order valence-electron chi connectivity index (χ4n) is 2.97.